The van der Waals surface area contributed by atoms with Gasteiger partial charge in [-0.25, -0.2) is 0 Å². The summed E-state index contributed by atoms with van der Waals surface area (Å²) >= 11 is 0. The topological polar surface area (TPSA) is 83.8 Å². The number of carbonyl (C=O) groups is 1. The van der Waals surface area contributed by atoms with Gasteiger partial charge in [0.05, 0.1) is 24.3 Å². The third kappa shape index (κ3) is 8.19. The minimum absolute atomic E-state index is 0.0275. The Morgan fingerprint density at radius 2 is 2.00 bits per heavy atom. The van der Waals surface area contributed by atoms with Crippen molar-refractivity contribution in [2.45, 2.75) is 26.4 Å². The standard InChI is InChI=1S/C19H29N3O4/c1-5-24-16(9-10-22(3)4)13-21-19(23)14-26-17-8-7-15(12-20)11-18(17)25-6-2/h7-8,11,16H,5-6,9-10,13-14H2,1-4H3,(H,21,23). The lowest BCUT2D eigenvalue weighted by atomic mass is 10.2. The van der Waals surface area contributed by atoms with Crippen molar-refractivity contribution in [3.05, 3.63) is 23.8 Å². The van der Waals surface area contributed by atoms with Crippen LogP contribution in [-0.2, 0) is 9.53 Å². The second-order valence-corrected chi connectivity index (χ2v) is 5.97. The van der Waals surface area contributed by atoms with E-state index in [-0.39, 0.29) is 18.6 Å². The van der Waals surface area contributed by atoms with Gasteiger partial charge in [-0.15, -0.1) is 0 Å². The van der Waals surface area contributed by atoms with E-state index < -0.39 is 0 Å². The number of nitrogens with zero attached hydrogens (tertiary/aromatic N) is 2. The van der Waals surface area contributed by atoms with Crippen molar-refractivity contribution in [3.63, 3.8) is 0 Å². The van der Waals surface area contributed by atoms with Crippen molar-refractivity contribution in [2.75, 3.05) is 47.0 Å². The van der Waals surface area contributed by atoms with Gasteiger partial charge in [-0.05, 0) is 46.5 Å². The average molecular weight is 363 g/mol. The molecule has 1 unspecified atom stereocenters. The largest absolute Gasteiger partial charge is 0.490 e. The number of rotatable bonds is 12. The molecule has 1 aromatic carbocycles. The molecule has 1 amide bonds. The number of ether oxygens (including phenoxy) is 3. The van der Waals surface area contributed by atoms with Gasteiger partial charge < -0.3 is 24.4 Å². The van der Waals surface area contributed by atoms with E-state index in [1.54, 1.807) is 18.2 Å². The summed E-state index contributed by atoms with van der Waals surface area (Å²) in [6.07, 6.45) is 0.812. The second-order valence-electron chi connectivity index (χ2n) is 5.97. The molecule has 7 nitrogen and oxygen atoms in total. The van der Waals surface area contributed by atoms with Crippen molar-refractivity contribution >= 4 is 5.91 Å². The molecule has 0 bridgehead atoms. The molecule has 0 aliphatic rings. The lowest BCUT2D eigenvalue weighted by molar-refractivity contribution is -0.123. The first-order valence-electron chi connectivity index (χ1n) is 8.82. The van der Waals surface area contributed by atoms with Crippen LogP contribution in [0.1, 0.15) is 25.8 Å². The van der Waals surface area contributed by atoms with Gasteiger partial charge in [-0.3, -0.25) is 4.79 Å². The average Bonchev–Trinajstić information content (AvgIpc) is 2.63. The van der Waals surface area contributed by atoms with Crippen LogP contribution >= 0.6 is 0 Å². The van der Waals surface area contributed by atoms with Crippen LogP contribution in [0.25, 0.3) is 0 Å². The highest BCUT2D eigenvalue weighted by atomic mass is 16.5. The zero-order chi connectivity index (χ0) is 19.4. The van der Waals surface area contributed by atoms with Gasteiger partial charge >= 0.3 is 0 Å². The molecule has 0 aliphatic heterocycles. The Morgan fingerprint density at radius 3 is 2.62 bits per heavy atom. The zero-order valence-electron chi connectivity index (χ0n) is 16.1. The number of hydrogen-bond acceptors (Lipinski definition) is 6. The van der Waals surface area contributed by atoms with E-state index in [2.05, 4.69) is 16.3 Å². The Hall–Kier alpha value is -2.30. The number of nitrogens with one attached hydrogen (secondary N) is 1. The van der Waals surface area contributed by atoms with Gasteiger partial charge in [0.15, 0.2) is 18.1 Å². The van der Waals surface area contributed by atoms with Gasteiger partial charge in [0.25, 0.3) is 5.91 Å². The lowest BCUT2D eigenvalue weighted by Gasteiger charge is -2.20. The first-order chi connectivity index (χ1) is 12.5. The fraction of sp³-hybridized carbons (Fsp3) is 0.579. The van der Waals surface area contributed by atoms with Crippen LogP contribution in [0.5, 0.6) is 11.5 Å². The van der Waals surface area contributed by atoms with Crippen LogP contribution in [0.3, 0.4) is 0 Å². The predicted octanol–water partition coefficient (Wildman–Crippen LogP) is 1.81. The Kier molecular flexibility index (Phi) is 10.1. The van der Waals surface area contributed by atoms with Crippen molar-refractivity contribution in [1.29, 1.82) is 5.26 Å². The molecule has 0 aliphatic carbocycles. The maximum absolute atomic E-state index is 12.1. The molecule has 0 radical (unpaired) electrons. The molecule has 0 saturated carbocycles. The van der Waals surface area contributed by atoms with Crippen molar-refractivity contribution in [1.82, 2.24) is 10.2 Å². The van der Waals surface area contributed by atoms with Crippen molar-refractivity contribution < 1.29 is 19.0 Å². The second kappa shape index (κ2) is 12.1. The highest BCUT2D eigenvalue weighted by Crippen LogP contribution is 2.28. The molecular formula is C19H29N3O4. The summed E-state index contributed by atoms with van der Waals surface area (Å²) in [5.74, 6) is 0.666. The third-order valence-electron chi connectivity index (χ3n) is 3.56. The Labute approximate surface area is 155 Å². The summed E-state index contributed by atoms with van der Waals surface area (Å²) < 4.78 is 16.7. The van der Waals surface area contributed by atoms with Crippen LogP contribution in [0.15, 0.2) is 18.2 Å². The molecule has 0 saturated heterocycles. The molecule has 26 heavy (non-hydrogen) atoms. The molecule has 0 spiro atoms. The Bertz CT molecular complexity index is 599. The summed E-state index contributed by atoms with van der Waals surface area (Å²) in [6.45, 7) is 6.03. The number of nitriles is 1. The van der Waals surface area contributed by atoms with E-state index in [0.29, 0.717) is 36.8 Å². The molecule has 1 atom stereocenters. The van der Waals surface area contributed by atoms with E-state index >= 15 is 0 Å². The van der Waals surface area contributed by atoms with E-state index in [4.69, 9.17) is 19.5 Å². The number of carbonyl (C=O) groups excluding carboxylic acids is 1. The molecule has 1 aromatic rings. The third-order valence-corrected chi connectivity index (χ3v) is 3.56. The molecular weight excluding hydrogens is 334 g/mol. The minimum Gasteiger partial charge on any atom is -0.490 e. The minimum atomic E-state index is -0.230. The highest BCUT2D eigenvalue weighted by molar-refractivity contribution is 5.77. The van der Waals surface area contributed by atoms with Crippen LogP contribution in [0.4, 0.5) is 0 Å². The van der Waals surface area contributed by atoms with Crippen LogP contribution < -0.4 is 14.8 Å². The summed E-state index contributed by atoms with van der Waals surface area (Å²) in [6, 6.07) is 6.91. The van der Waals surface area contributed by atoms with Gasteiger partial charge in [-0.2, -0.15) is 5.26 Å². The summed E-state index contributed by atoms with van der Waals surface area (Å²) in [5.41, 5.74) is 0.477. The Balaban J connectivity index is 2.51. The molecule has 0 aromatic heterocycles. The smallest absolute Gasteiger partial charge is 0.258 e. The normalized spacial score (nSPS) is 11.7. The lowest BCUT2D eigenvalue weighted by Crippen LogP contribution is -2.37. The summed E-state index contributed by atoms with van der Waals surface area (Å²) in [4.78, 5) is 14.1. The summed E-state index contributed by atoms with van der Waals surface area (Å²) in [7, 11) is 4.01. The Morgan fingerprint density at radius 1 is 1.23 bits per heavy atom. The monoisotopic (exact) mass is 363 g/mol. The quantitative estimate of drug-likeness (QED) is 0.610. The van der Waals surface area contributed by atoms with Crippen molar-refractivity contribution in [3.8, 4) is 17.6 Å². The van der Waals surface area contributed by atoms with Crippen molar-refractivity contribution in [2.24, 2.45) is 0 Å². The molecule has 0 heterocycles. The summed E-state index contributed by atoms with van der Waals surface area (Å²) in [5, 5.41) is 11.8. The predicted molar refractivity (Wildman–Crippen MR) is 99.4 cm³/mol. The van der Waals surface area contributed by atoms with Gasteiger partial charge in [0.1, 0.15) is 0 Å². The van der Waals surface area contributed by atoms with Gasteiger partial charge in [0, 0.05) is 25.8 Å². The molecule has 7 heteroatoms. The van der Waals surface area contributed by atoms with Crippen LogP contribution in [0, 0.1) is 11.3 Å². The molecule has 1 N–H and O–H groups in total. The van der Waals surface area contributed by atoms with Crippen LogP contribution in [0.2, 0.25) is 0 Å². The molecule has 1 rings (SSSR count). The van der Waals surface area contributed by atoms with E-state index in [0.717, 1.165) is 13.0 Å². The molecule has 144 valence electrons. The fourth-order valence-corrected chi connectivity index (χ4v) is 2.27. The first kappa shape index (κ1) is 21.7. The van der Waals surface area contributed by atoms with Crippen LogP contribution in [-0.4, -0.2) is 63.9 Å². The highest BCUT2D eigenvalue weighted by Gasteiger charge is 2.13. The number of amides is 1. The van der Waals surface area contributed by atoms with E-state index in [1.165, 1.54) is 0 Å². The SMILES string of the molecule is CCOc1cc(C#N)ccc1OCC(=O)NCC(CCN(C)C)OCC. The maximum Gasteiger partial charge on any atom is 0.258 e. The number of benzene rings is 1. The fourth-order valence-electron chi connectivity index (χ4n) is 2.27. The van der Waals surface area contributed by atoms with E-state index in [9.17, 15) is 4.79 Å². The zero-order valence-corrected chi connectivity index (χ0v) is 16.1. The molecule has 0 fully saturated rings. The van der Waals surface area contributed by atoms with Gasteiger partial charge in [-0.1, -0.05) is 0 Å². The van der Waals surface area contributed by atoms with Gasteiger partial charge in [0.2, 0.25) is 0 Å². The van der Waals surface area contributed by atoms with E-state index in [1.807, 2.05) is 27.9 Å². The maximum atomic E-state index is 12.1. The number of hydrogen-bond donors (Lipinski definition) is 1. The first-order valence-corrected chi connectivity index (χ1v) is 8.82.